The Balaban J connectivity index is 2.13. The molecule has 0 saturated heterocycles. The molecule has 2 rings (SSSR count). The van der Waals surface area contributed by atoms with E-state index < -0.39 is 0 Å². The fourth-order valence-corrected chi connectivity index (χ4v) is 1.48. The first-order valence-corrected chi connectivity index (χ1v) is 5.13. The summed E-state index contributed by atoms with van der Waals surface area (Å²) in [5.41, 5.74) is 2.41. The van der Waals surface area contributed by atoms with Gasteiger partial charge in [0.25, 0.3) is 0 Å². The highest BCUT2D eigenvalue weighted by Crippen LogP contribution is 2.25. The smallest absolute Gasteiger partial charge is 0.143 e. The summed E-state index contributed by atoms with van der Waals surface area (Å²) >= 11 is 0. The van der Waals surface area contributed by atoms with Crippen molar-refractivity contribution in [3.8, 4) is 11.8 Å². The number of nitrogens with zero attached hydrogens (tertiary/aromatic N) is 2. The van der Waals surface area contributed by atoms with Crippen molar-refractivity contribution in [1.82, 2.24) is 10.2 Å². The molecular formula is C12H12N4O. The van der Waals surface area contributed by atoms with Gasteiger partial charge in [-0.05, 0) is 18.2 Å². The molecule has 0 atom stereocenters. The Labute approximate surface area is 99.0 Å². The molecule has 0 fully saturated rings. The van der Waals surface area contributed by atoms with Crippen LogP contribution in [0.4, 0.5) is 5.69 Å². The molecule has 0 radical (unpaired) electrons. The van der Waals surface area contributed by atoms with Crippen LogP contribution in [0.15, 0.2) is 30.5 Å². The minimum absolute atomic E-state index is 0.578. The van der Waals surface area contributed by atoms with Crippen LogP contribution in [0, 0.1) is 11.3 Å². The van der Waals surface area contributed by atoms with Gasteiger partial charge in [0.2, 0.25) is 0 Å². The number of hydrogen-bond donors (Lipinski definition) is 2. The number of aromatic amines is 1. The largest absolute Gasteiger partial charge is 0.495 e. The zero-order valence-electron chi connectivity index (χ0n) is 9.40. The highest BCUT2D eigenvalue weighted by molar-refractivity contribution is 5.59. The quantitative estimate of drug-likeness (QED) is 0.838. The van der Waals surface area contributed by atoms with Gasteiger partial charge in [0.1, 0.15) is 5.75 Å². The molecule has 17 heavy (non-hydrogen) atoms. The average Bonchev–Trinajstić information content (AvgIpc) is 2.89. The molecule has 5 nitrogen and oxygen atoms in total. The molecule has 1 aromatic heterocycles. The van der Waals surface area contributed by atoms with Crippen LogP contribution >= 0.6 is 0 Å². The highest BCUT2D eigenvalue weighted by atomic mass is 16.5. The van der Waals surface area contributed by atoms with Crippen molar-refractivity contribution in [2.24, 2.45) is 0 Å². The topological polar surface area (TPSA) is 73.7 Å². The first-order valence-electron chi connectivity index (χ1n) is 5.13. The second-order valence-electron chi connectivity index (χ2n) is 3.46. The lowest BCUT2D eigenvalue weighted by Crippen LogP contribution is -2.02. The molecule has 5 heteroatoms. The zero-order chi connectivity index (χ0) is 12.1. The number of methoxy groups -OCH3 is 1. The van der Waals surface area contributed by atoms with Crippen LogP contribution in [0.3, 0.4) is 0 Å². The van der Waals surface area contributed by atoms with E-state index in [0.717, 1.165) is 11.4 Å². The summed E-state index contributed by atoms with van der Waals surface area (Å²) < 4.78 is 5.22. The zero-order valence-corrected chi connectivity index (χ0v) is 9.40. The van der Waals surface area contributed by atoms with Crippen LogP contribution in [0.5, 0.6) is 5.75 Å². The van der Waals surface area contributed by atoms with Gasteiger partial charge in [0.15, 0.2) is 0 Å². The third kappa shape index (κ3) is 2.55. The van der Waals surface area contributed by atoms with Gasteiger partial charge in [-0.15, -0.1) is 0 Å². The van der Waals surface area contributed by atoms with E-state index in [1.165, 1.54) is 0 Å². The Morgan fingerprint density at radius 1 is 1.47 bits per heavy atom. The fourth-order valence-electron chi connectivity index (χ4n) is 1.48. The number of benzene rings is 1. The Kier molecular flexibility index (Phi) is 3.26. The molecule has 0 aliphatic heterocycles. The summed E-state index contributed by atoms with van der Waals surface area (Å²) in [6.45, 7) is 0.627. The van der Waals surface area contributed by atoms with Gasteiger partial charge < -0.3 is 10.1 Å². The maximum absolute atomic E-state index is 8.79. The van der Waals surface area contributed by atoms with E-state index in [1.54, 1.807) is 25.4 Å². The number of aromatic nitrogens is 2. The summed E-state index contributed by atoms with van der Waals surface area (Å²) in [5.74, 6) is 0.656. The van der Waals surface area contributed by atoms with Crippen LogP contribution in [0.25, 0.3) is 0 Å². The molecule has 0 aliphatic carbocycles. The molecule has 0 unspecified atom stereocenters. The van der Waals surface area contributed by atoms with Crippen molar-refractivity contribution in [3.63, 3.8) is 0 Å². The van der Waals surface area contributed by atoms with E-state index in [0.29, 0.717) is 17.9 Å². The van der Waals surface area contributed by atoms with Gasteiger partial charge in [-0.3, -0.25) is 5.10 Å². The van der Waals surface area contributed by atoms with E-state index >= 15 is 0 Å². The van der Waals surface area contributed by atoms with Crippen LogP contribution in [-0.2, 0) is 6.54 Å². The summed E-state index contributed by atoms with van der Waals surface area (Å²) in [6.07, 6.45) is 1.70. The average molecular weight is 228 g/mol. The SMILES string of the molecule is COc1cc(C#N)ccc1NCc1ccn[nH]1. The second-order valence-corrected chi connectivity index (χ2v) is 3.46. The molecule has 0 bridgehead atoms. The minimum atomic E-state index is 0.578. The predicted octanol–water partition coefficient (Wildman–Crippen LogP) is 1.90. The summed E-state index contributed by atoms with van der Waals surface area (Å²) in [6, 6.07) is 9.25. The molecule has 86 valence electrons. The summed E-state index contributed by atoms with van der Waals surface area (Å²) in [4.78, 5) is 0. The Hall–Kier alpha value is -2.48. The number of nitrogens with one attached hydrogen (secondary N) is 2. The lowest BCUT2D eigenvalue weighted by molar-refractivity contribution is 0.416. The monoisotopic (exact) mass is 228 g/mol. The van der Waals surface area contributed by atoms with Crippen molar-refractivity contribution in [1.29, 1.82) is 5.26 Å². The van der Waals surface area contributed by atoms with E-state index in [-0.39, 0.29) is 0 Å². The number of ether oxygens (including phenoxy) is 1. The van der Waals surface area contributed by atoms with Crippen molar-refractivity contribution in [2.45, 2.75) is 6.54 Å². The maximum atomic E-state index is 8.79. The van der Waals surface area contributed by atoms with Gasteiger partial charge in [-0.25, -0.2) is 0 Å². The normalized spacial score (nSPS) is 9.65. The van der Waals surface area contributed by atoms with Crippen molar-refractivity contribution < 1.29 is 4.74 Å². The standard InChI is InChI=1S/C12H12N4O/c1-17-12-6-9(7-13)2-3-11(12)14-8-10-4-5-15-16-10/h2-6,14H,8H2,1H3,(H,15,16). The van der Waals surface area contributed by atoms with E-state index in [9.17, 15) is 0 Å². The Morgan fingerprint density at radius 3 is 3.00 bits per heavy atom. The number of anilines is 1. The first kappa shape index (κ1) is 11.0. The second kappa shape index (κ2) is 5.03. The molecule has 2 N–H and O–H groups in total. The Bertz CT molecular complexity index is 528. The molecule has 0 spiro atoms. The van der Waals surface area contributed by atoms with Crippen LogP contribution in [0.2, 0.25) is 0 Å². The molecule has 0 saturated carbocycles. The summed E-state index contributed by atoms with van der Waals surface area (Å²) in [7, 11) is 1.58. The van der Waals surface area contributed by atoms with Gasteiger partial charge in [-0.2, -0.15) is 10.4 Å². The van der Waals surface area contributed by atoms with Crippen LogP contribution in [-0.4, -0.2) is 17.3 Å². The Morgan fingerprint density at radius 2 is 2.35 bits per heavy atom. The number of rotatable bonds is 4. The van der Waals surface area contributed by atoms with E-state index in [4.69, 9.17) is 10.00 Å². The lowest BCUT2D eigenvalue weighted by Gasteiger charge is -2.10. The minimum Gasteiger partial charge on any atom is -0.495 e. The molecule has 0 amide bonds. The molecule has 1 heterocycles. The number of H-pyrrole nitrogens is 1. The first-order chi connectivity index (χ1) is 8.33. The van der Waals surface area contributed by atoms with Crippen molar-refractivity contribution in [3.05, 3.63) is 41.7 Å². The lowest BCUT2D eigenvalue weighted by atomic mass is 10.2. The molecule has 2 aromatic rings. The predicted molar refractivity (Wildman–Crippen MR) is 63.6 cm³/mol. The van der Waals surface area contributed by atoms with Gasteiger partial charge in [0, 0.05) is 12.3 Å². The molecule has 0 aliphatic rings. The highest BCUT2D eigenvalue weighted by Gasteiger charge is 2.04. The summed E-state index contributed by atoms with van der Waals surface area (Å²) in [5, 5.41) is 18.7. The van der Waals surface area contributed by atoms with E-state index in [1.807, 2.05) is 12.1 Å². The fraction of sp³-hybridized carbons (Fsp3) is 0.167. The van der Waals surface area contributed by atoms with Gasteiger partial charge >= 0.3 is 0 Å². The van der Waals surface area contributed by atoms with Gasteiger partial charge in [0.05, 0.1) is 36.7 Å². The molecular weight excluding hydrogens is 216 g/mol. The van der Waals surface area contributed by atoms with Crippen molar-refractivity contribution >= 4 is 5.69 Å². The van der Waals surface area contributed by atoms with Gasteiger partial charge in [-0.1, -0.05) is 0 Å². The number of nitriles is 1. The van der Waals surface area contributed by atoms with Crippen LogP contribution in [0.1, 0.15) is 11.3 Å². The number of hydrogen-bond acceptors (Lipinski definition) is 4. The molecule has 1 aromatic carbocycles. The maximum Gasteiger partial charge on any atom is 0.143 e. The third-order valence-electron chi connectivity index (χ3n) is 2.36. The van der Waals surface area contributed by atoms with Crippen molar-refractivity contribution in [2.75, 3.05) is 12.4 Å². The third-order valence-corrected chi connectivity index (χ3v) is 2.36. The van der Waals surface area contributed by atoms with E-state index in [2.05, 4.69) is 21.6 Å². The van der Waals surface area contributed by atoms with Crippen LogP contribution < -0.4 is 10.1 Å².